The molecule has 1 saturated heterocycles. The second kappa shape index (κ2) is 5.14. The smallest absolute Gasteiger partial charge is 0.330 e. The summed E-state index contributed by atoms with van der Waals surface area (Å²) in [4.78, 5) is 13.3. The van der Waals surface area contributed by atoms with Gasteiger partial charge in [-0.05, 0) is 31.2 Å². The maximum Gasteiger partial charge on any atom is 0.330 e. The van der Waals surface area contributed by atoms with E-state index in [4.69, 9.17) is 0 Å². The molecule has 1 heterocycles. The molecule has 0 aliphatic carbocycles. The van der Waals surface area contributed by atoms with Gasteiger partial charge in [-0.25, -0.2) is 10.2 Å². The highest BCUT2D eigenvalue weighted by Crippen LogP contribution is 2.16. The second-order valence-electron chi connectivity index (χ2n) is 4.59. The summed E-state index contributed by atoms with van der Waals surface area (Å²) in [6, 6.07) is 7.92. The van der Waals surface area contributed by atoms with E-state index >= 15 is 0 Å². The third-order valence-corrected chi connectivity index (χ3v) is 2.91. The molecule has 0 aromatic heterocycles. The normalized spacial score (nSPS) is 22.9. The van der Waals surface area contributed by atoms with Crippen molar-refractivity contribution in [3.05, 3.63) is 24.3 Å². The fourth-order valence-electron chi connectivity index (χ4n) is 1.76. The van der Waals surface area contributed by atoms with E-state index < -0.39 is 0 Å². The molecule has 2 amide bonds. The molecule has 1 aromatic carbocycles. The van der Waals surface area contributed by atoms with E-state index in [0.29, 0.717) is 0 Å². The van der Waals surface area contributed by atoms with Crippen LogP contribution < -0.4 is 26.4 Å². The van der Waals surface area contributed by atoms with Crippen molar-refractivity contribution in [2.75, 3.05) is 24.3 Å². The maximum atomic E-state index is 11.2. The van der Waals surface area contributed by atoms with Gasteiger partial charge in [-0.3, -0.25) is 5.43 Å². The monoisotopic (exact) mass is 249 g/mol. The first-order valence-corrected chi connectivity index (χ1v) is 5.92. The quantitative estimate of drug-likeness (QED) is 0.636. The minimum atomic E-state index is -0.226. The van der Waals surface area contributed by atoms with E-state index in [2.05, 4.69) is 21.5 Å². The molecule has 2 atom stereocenters. The van der Waals surface area contributed by atoms with Crippen LogP contribution in [0.5, 0.6) is 0 Å². The van der Waals surface area contributed by atoms with Crippen LogP contribution >= 0.6 is 0 Å². The molecule has 1 aromatic rings. The van der Waals surface area contributed by atoms with Crippen LogP contribution in [0.2, 0.25) is 0 Å². The zero-order valence-electron chi connectivity index (χ0n) is 10.8. The number of hydrogen-bond donors (Lipinski definition) is 4. The first-order chi connectivity index (χ1) is 8.56. The summed E-state index contributed by atoms with van der Waals surface area (Å²) < 4.78 is 0. The van der Waals surface area contributed by atoms with Crippen molar-refractivity contribution >= 4 is 17.4 Å². The Morgan fingerprint density at radius 1 is 1.22 bits per heavy atom. The number of nitrogens with zero attached hydrogens (tertiary/aromatic N) is 1. The van der Waals surface area contributed by atoms with E-state index in [0.717, 1.165) is 11.4 Å². The number of carbonyl (C=O) groups is 1. The van der Waals surface area contributed by atoms with E-state index in [1.165, 1.54) is 0 Å². The van der Waals surface area contributed by atoms with E-state index in [1.54, 1.807) is 0 Å². The summed E-state index contributed by atoms with van der Waals surface area (Å²) in [5, 5.41) is 6.09. The summed E-state index contributed by atoms with van der Waals surface area (Å²) in [6.45, 7) is 1.98. The van der Waals surface area contributed by atoms with Gasteiger partial charge in [0.1, 0.15) is 6.17 Å². The Hall–Kier alpha value is -1.95. The summed E-state index contributed by atoms with van der Waals surface area (Å²) in [5.74, 6) is 0. The van der Waals surface area contributed by atoms with E-state index in [9.17, 15) is 4.79 Å². The summed E-state index contributed by atoms with van der Waals surface area (Å²) >= 11 is 0. The highest BCUT2D eigenvalue weighted by atomic mass is 16.2. The first kappa shape index (κ1) is 12.5. The lowest BCUT2D eigenvalue weighted by Crippen LogP contribution is -2.65. The number of nitrogens with one attached hydrogen (secondary N) is 4. The number of hydrazine groups is 1. The van der Waals surface area contributed by atoms with Crippen molar-refractivity contribution in [1.29, 1.82) is 0 Å². The van der Waals surface area contributed by atoms with Gasteiger partial charge in [-0.2, -0.15) is 0 Å². The number of anilines is 2. The predicted octanol–water partition coefficient (Wildman–Crippen LogP) is 0.697. The zero-order chi connectivity index (χ0) is 13.1. The predicted molar refractivity (Wildman–Crippen MR) is 72.4 cm³/mol. The molecule has 1 aliphatic rings. The molecule has 2 unspecified atom stereocenters. The second-order valence-corrected chi connectivity index (χ2v) is 4.59. The number of benzene rings is 1. The number of hydrogen-bond acceptors (Lipinski definition) is 4. The van der Waals surface area contributed by atoms with Gasteiger partial charge in [0.15, 0.2) is 0 Å². The van der Waals surface area contributed by atoms with Crippen LogP contribution in [0.15, 0.2) is 24.3 Å². The summed E-state index contributed by atoms with van der Waals surface area (Å²) in [5.41, 5.74) is 7.54. The SMILES string of the molecule is CC1NNC(=O)NC1Nc1ccc(N(C)C)cc1. The van der Waals surface area contributed by atoms with Crippen LogP contribution in [0.4, 0.5) is 16.2 Å². The Kier molecular flexibility index (Phi) is 3.57. The molecular weight excluding hydrogens is 230 g/mol. The Bertz CT molecular complexity index is 417. The Labute approximate surface area is 107 Å². The zero-order valence-corrected chi connectivity index (χ0v) is 10.8. The number of carbonyl (C=O) groups excluding carboxylic acids is 1. The fraction of sp³-hybridized carbons (Fsp3) is 0.417. The molecular formula is C12H19N5O. The van der Waals surface area contributed by atoms with Crippen LogP contribution in [0.25, 0.3) is 0 Å². The standard InChI is InChI=1S/C12H19N5O/c1-8-11(14-12(18)16-15-8)13-9-4-6-10(7-5-9)17(2)3/h4-8,11,13,15H,1-3H3,(H2,14,16,18). The van der Waals surface area contributed by atoms with Gasteiger partial charge in [-0.15, -0.1) is 0 Å². The van der Waals surface area contributed by atoms with Crippen LogP contribution in [0.1, 0.15) is 6.92 Å². The van der Waals surface area contributed by atoms with Crippen molar-refractivity contribution in [3.8, 4) is 0 Å². The lowest BCUT2D eigenvalue weighted by atomic mass is 10.2. The molecule has 1 aliphatic heterocycles. The van der Waals surface area contributed by atoms with Gasteiger partial charge < -0.3 is 15.5 Å². The molecule has 98 valence electrons. The van der Waals surface area contributed by atoms with Gasteiger partial charge in [0.25, 0.3) is 0 Å². The average Bonchev–Trinajstić information content (AvgIpc) is 2.34. The average molecular weight is 249 g/mol. The minimum absolute atomic E-state index is 0.0937. The number of rotatable bonds is 3. The molecule has 6 nitrogen and oxygen atoms in total. The van der Waals surface area contributed by atoms with Crippen molar-refractivity contribution in [1.82, 2.24) is 16.2 Å². The first-order valence-electron chi connectivity index (χ1n) is 5.92. The van der Waals surface area contributed by atoms with Gasteiger partial charge >= 0.3 is 6.03 Å². The highest BCUT2D eigenvalue weighted by Gasteiger charge is 2.23. The Morgan fingerprint density at radius 2 is 1.89 bits per heavy atom. The van der Waals surface area contributed by atoms with Crippen LogP contribution in [-0.2, 0) is 0 Å². The lowest BCUT2D eigenvalue weighted by molar-refractivity contribution is 0.214. The molecule has 0 radical (unpaired) electrons. The molecule has 0 spiro atoms. The molecule has 4 N–H and O–H groups in total. The Morgan fingerprint density at radius 3 is 2.50 bits per heavy atom. The maximum absolute atomic E-state index is 11.2. The summed E-state index contributed by atoms with van der Waals surface area (Å²) in [7, 11) is 4.00. The van der Waals surface area contributed by atoms with Gasteiger partial charge in [0.2, 0.25) is 0 Å². The molecule has 6 heteroatoms. The molecule has 18 heavy (non-hydrogen) atoms. The van der Waals surface area contributed by atoms with Crippen LogP contribution in [0, 0.1) is 0 Å². The molecule has 2 rings (SSSR count). The van der Waals surface area contributed by atoms with Crippen molar-refractivity contribution in [3.63, 3.8) is 0 Å². The number of amides is 2. The molecule has 0 bridgehead atoms. The third kappa shape index (κ3) is 2.84. The third-order valence-electron chi connectivity index (χ3n) is 2.91. The highest BCUT2D eigenvalue weighted by molar-refractivity contribution is 5.75. The fourth-order valence-corrected chi connectivity index (χ4v) is 1.76. The summed E-state index contributed by atoms with van der Waals surface area (Å²) in [6.07, 6.45) is -0.135. The van der Waals surface area contributed by atoms with Crippen molar-refractivity contribution < 1.29 is 4.79 Å². The Balaban J connectivity index is 2.02. The largest absolute Gasteiger partial charge is 0.378 e. The van der Waals surface area contributed by atoms with Gasteiger partial charge in [0.05, 0.1) is 6.04 Å². The lowest BCUT2D eigenvalue weighted by Gasteiger charge is -2.32. The number of urea groups is 1. The van der Waals surface area contributed by atoms with Crippen LogP contribution in [0.3, 0.4) is 0 Å². The van der Waals surface area contributed by atoms with Gasteiger partial charge in [0, 0.05) is 25.5 Å². The van der Waals surface area contributed by atoms with Gasteiger partial charge in [-0.1, -0.05) is 0 Å². The van der Waals surface area contributed by atoms with Crippen molar-refractivity contribution in [2.45, 2.75) is 19.1 Å². The molecule has 0 saturated carbocycles. The topological polar surface area (TPSA) is 68.4 Å². The van der Waals surface area contributed by atoms with Crippen molar-refractivity contribution in [2.24, 2.45) is 0 Å². The van der Waals surface area contributed by atoms with E-state index in [1.807, 2.05) is 50.2 Å². The molecule has 1 fully saturated rings. The van der Waals surface area contributed by atoms with Crippen LogP contribution in [-0.4, -0.2) is 32.3 Å². The minimum Gasteiger partial charge on any atom is -0.378 e. The van der Waals surface area contributed by atoms with E-state index in [-0.39, 0.29) is 18.2 Å².